The van der Waals surface area contributed by atoms with Gasteiger partial charge < -0.3 is 102 Å². The Labute approximate surface area is 580 Å². The van der Waals surface area contributed by atoms with Gasteiger partial charge in [0.2, 0.25) is 41.4 Å². The van der Waals surface area contributed by atoms with Crippen molar-refractivity contribution in [3.8, 4) is 11.5 Å². The molecule has 33 heteroatoms. The molecule has 0 spiro atoms. The van der Waals surface area contributed by atoms with E-state index < -0.39 is 183 Å². The summed E-state index contributed by atoms with van der Waals surface area (Å²) in [5.41, 5.74) is 8.69. The van der Waals surface area contributed by atoms with Gasteiger partial charge in [0.05, 0.1) is 36.9 Å². The van der Waals surface area contributed by atoms with Gasteiger partial charge in [0.1, 0.15) is 48.5 Å². The van der Waals surface area contributed by atoms with Crippen molar-refractivity contribution in [2.45, 2.75) is 169 Å². The summed E-state index contributed by atoms with van der Waals surface area (Å²) < 4.78 is 9.08. The van der Waals surface area contributed by atoms with Gasteiger partial charge in [0, 0.05) is 101 Å². The number of fused-ring (bicyclic) bond motifs is 2. The molecule has 0 radical (unpaired) electrons. The van der Waals surface area contributed by atoms with E-state index in [4.69, 9.17) is 9.92 Å². The van der Waals surface area contributed by atoms with Gasteiger partial charge in [0.15, 0.2) is 11.5 Å². The molecule has 31 nitrogen and oxygen atoms in total. The third kappa shape index (κ3) is 18.4. The number of carbonyl (C=O) groups is 8. The Balaban J connectivity index is 0.0000118. The van der Waals surface area contributed by atoms with Crippen LogP contribution in [0.25, 0.3) is 0 Å². The van der Waals surface area contributed by atoms with Crippen LogP contribution in [-0.2, 0) is 42.9 Å². The van der Waals surface area contributed by atoms with E-state index in [1.54, 1.807) is 24.3 Å². The number of aromatic hydroxyl groups is 1. The quantitative estimate of drug-likeness (QED) is 0.0197. The number of rotatable bonds is 17. The van der Waals surface area contributed by atoms with Gasteiger partial charge in [-0.05, 0) is 98.2 Å². The molecular formula is C63H86N11NaO20S. The molecule has 1 saturated carbocycles. The standard InChI is InChI=1S/C63H87N11O20S.Na/c1-33-31-74-53(54(33)81)61(88)65-30-42(76)27-44(66-57(84)37-10-15-39(16-11-37)70-20-18-41(19-21-70)72-24-22-71(23-25-72)40-13-8-36(9-14-40)35-6-4-3-5-7-35)58(85)67-50(34(2)75)62(89)73-32-43(77)28-45(73)59(86)69-52(60(87)68-51(63(74)90)47(79)29-49(64)80)56(83)55(82)38-12-17-46(78)48(26-38)92-95-94-93-91;/h8-17,26,33-35,41-45,47,50-56,75-79,81-83,91H,3-7,18-25,27-32H2,1-2H3,(H2,64,80)(H,65,88)(H,66,84)(H,67,85)(H,68,87)(H,69,86);/q;+1/p-1/t33?,34?,42?,43?,44-,45?,47?,50?,51?,52?,53?,54?,55?,56?;/m0./s1. The van der Waals surface area contributed by atoms with Crippen molar-refractivity contribution in [3.05, 3.63) is 83.4 Å². The second-order valence-corrected chi connectivity index (χ2v) is 26.0. The average Bonchev–Trinajstić information content (AvgIpc) is 1.57. The van der Waals surface area contributed by atoms with Gasteiger partial charge in [-0.15, -0.1) is 4.33 Å². The number of nitrogens with two attached hydrogens (primary N) is 1. The first-order valence-electron chi connectivity index (χ1n) is 32.1. The van der Waals surface area contributed by atoms with Gasteiger partial charge in [-0.3, -0.25) is 48.3 Å². The monoisotopic (exact) mass is 1370 g/mol. The summed E-state index contributed by atoms with van der Waals surface area (Å²) in [7, 11) is 0. The Morgan fingerprint density at radius 3 is 1.97 bits per heavy atom. The van der Waals surface area contributed by atoms with Crippen LogP contribution in [0.15, 0.2) is 66.7 Å². The zero-order valence-electron chi connectivity index (χ0n) is 53.7. The molecule has 5 aliphatic heterocycles. The number of piperazine rings is 1. The number of nitrogens with one attached hydrogen (secondary N) is 5. The van der Waals surface area contributed by atoms with E-state index in [2.05, 4.69) is 74.9 Å². The summed E-state index contributed by atoms with van der Waals surface area (Å²) in [5.74, 6) is -11.1. The number of anilines is 2. The number of benzene rings is 3. The largest absolute Gasteiger partial charge is 1.00 e. The number of carbonyl (C=O) groups excluding carboxylic acids is 8. The predicted molar refractivity (Wildman–Crippen MR) is 336 cm³/mol. The summed E-state index contributed by atoms with van der Waals surface area (Å²) in [5, 5.41) is 116. The van der Waals surface area contributed by atoms with Crippen LogP contribution in [0.1, 0.15) is 112 Å². The summed E-state index contributed by atoms with van der Waals surface area (Å²) in [6, 6.07) is 6.96. The van der Waals surface area contributed by atoms with Crippen LogP contribution < -0.4 is 81.1 Å². The van der Waals surface area contributed by atoms with Crippen LogP contribution in [0.4, 0.5) is 11.4 Å². The molecule has 0 bridgehead atoms. The predicted octanol–water partition coefficient (Wildman–Crippen LogP) is -6.28. The van der Waals surface area contributed by atoms with Gasteiger partial charge >= 0.3 is 29.6 Å². The number of β-amino-alcohol motifs (C(OH)–C–C–N with tert-alkyl or cyclic N) is 1. The van der Waals surface area contributed by atoms with Crippen molar-refractivity contribution in [1.82, 2.24) is 41.3 Å². The average molecular weight is 1370 g/mol. The maximum Gasteiger partial charge on any atom is 1.00 e. The molecule has 5 saturated heterocycles. The molecule has 3 aromatic rings. The van der Waals surface area contributed by atoms with E-state index in [0.29, 0.717) is 12.0 Å². The molecule has 15 N–H and O–H groups in total. The molecule has 13 unspecified atom stereocenters. The molecule has 5 heterocycles. The third-order valence-corrected chi connectivity index (χ3v) is 19.4. The van der Waals surface area contributed by atoms with Crippen LogP contribution >= 0.6 is 12.3 Å². The van der Waals surface area contributed by atoms with Crippen LogP contribution in [0.2, 0.25) is 0 Å². The number of nitrogens with zero attached hydrogens (tertiary/aromatic N) is 5. The maximum atomic E-state index is 14.7. The first kappa shape index (κ1) is 75.3. The van der Waals surface area contributed by atoms with Crippen molar-refractivity contribution in [2.24, 2.45) is 11.7 Å². The first-order valence-corrected chi connectivity index (χ1v) is 32.8. The van der Waals surface area contributed by atoms with Gasteiger partial charge in [-0.25, -0.2) is 0 Å². The van der Waals surface area contributed by atoms with Crippen molar-refractivity contribution in [2.75, 3.05) is 68.7 Å². The maximum absolute atomic E-state index is 14.7. The van der Waals surface area contributed by atoms with Crippen LogP contribution in [0.5, 0.6) is 11.5 Å². The van der Waals surface area contributed by atoms with E-state index in [-0.39, 0.29) is 53.0 Å². The number of hydrogen-bond acceptors (Lipinski definition) is 24. The molecule has 6 aliphatic rings. The Hall–Kier alpha value is -6.47. The fourth-order valence-corrected chi connectivity index (χ4v) is 14.0. The summed E-state index contributed by atoms with van der Waals surface area (Å²) in [6.45, 7) is 6.09. The van der Waals surface area contributed by atoms with E-state index in [1.165, 1.54) is 50.3 Å². The van der Waals surface area contributed by atoms with E-state index in [9.17, 15) is 84.5 Å². The number of phenols is 1. The van der Waals surface area contributed by atoms with Crippen LogP contribution in [0.3, 0.4) is 0 Å². The molecule has 520 valence electrons. The van der Waals surface area contributed by atoms with Gasteiger partial charge in [-0.1, -0.05) is 44.4 Å². The smallest absolute Gasteiger partial charge is 0.691 e. The molecule has 14 atom stereocenters. The van der Waals surface area contributed by atoms with Gasteiger partial charge in [-0.2, -0.15) is 0 Å². The Morgan fingerprint density at radius 1 is 0.719 bits per heavy atom. The number of phenolic OH excluding ortho intramolecular Hbond substituents is 1. The van der Waals surface area contributed by atoms with Crippen LogP contribution in [-0.4, -0.2) is 241 Å². The third-order valence-electron chi connectivity index (χ3n) is 19.1. The SMILES string of the molecule is CC(O)C1NC(=O)[C@@H](NC(=O)c2ccc(N3CCC(N4CCN(c5ccc(C6CCCCC6)cc5)CC4)CC3)cc2)CC(O)CNC(=O)C2C(O)C(C)CN2C(=O)C(C(O)CC(N)=O)NC(=O)C(C(O)C(O)c2ccc(O)c(OSOO[O-])c2)NC(=O)C2CC(O)CN2C1=O.[Na+]. The first-order chi connectivity index (χ1) is 45.4. The second kappa shape index (κ2) is 34.3. The Bertz CT molecular complexity index is 3180. The summed E-state index contributed by atoms with van der Waals surface area (Å²) >= 11 is -0.0774. The zero-order chi connectivity index (χ0) is 68.4. The number of aliphatic hydroxyl groups excluding tert-OH is 7. The van der Waals surface area contributed by atoms with Crippen molar-refractivity contribution in [1.29, 1.82) is 0 Å². The van der Waals surface area contributed by atoms with Crippen molar-refractivity contribution >= 4 is 71.0 Å². The molecule has 0 aromatic heterocycles. The van der Waals surface area contributed by atoms with Crippen LogP contribution in [0, 0.1) is 5.92 Å². The minimum Gasteiger partial charge on any atom is -0.691 e. The molecular weight excluding hydrogens is 1290 g/mol. The Kier molecular flexibility index (Phi) is 26.9. The van der Waals surface area contributed by atoms with Crippen molar-refractivity contribution < 1.29 is 128 Å². The second-order valence-electron chi connectivity index (χ2n) is 25.6. The van der Waals surface area contributed by atoms with E-state index in [0.717, 1.165) is 92.7 Å². The molecule has 9 rings (SSSR count). The molecule has 1 aliphatic carbocycles. The number of aliphatic hydroxyl groups is 7. The minimum absolute atomic E-state index is 0. The number of hydrogen-bond donors (Lipinski definition) is 14. The fraction of sp³-hybridized carbons (Fsp3) is 0.587. The minimum atomic E-state index is -2.53. The Morgan fingerprint density at radius 2 is 1.33 bits per heavy atom. The molecule has 96 heavy (non-hydrogen) atoms. The molecule has 6 fully saturated rings. The summed E-state index contributed by atoms with van der Waals surface area (Å²) in [6.07, 6.45) is -7.69. The molecule has 8 amide bonds. The molecule has 3 aromatic carbocycles. The summed E-state index contributed by atoms with van der Waals surface area (Å²) in [4.78, 5) is 123. The van der Waals surface area contributed by atoms with E-state index >= 15 is 0 Å². The topological polar surface area (TPSA) is 452 Å². The zero-order valence-corrected chi connectivity index (χ0v) is 56.5. The number of amides is 8. The van der Waals surface area contributed by atoms with Crippen molar-refractivity contribution in [3.63, 3.8) is 0 Å². The van der Waals surface area contributed by atoms with E-state index in [1.807, 2.05) is 0 Å². The van der Waals surface area contributed by atoms with Gasteiger partial charge in [0.25, 0.3) is 18.2 Å². The fourth-order valence-electron chi connectivity index (χ4n) is 13.7. The number of primary amides is 1. The number of piperidine rings is 1. The normalized spacial score (nSPS) is 27.9.